The molecule has 0 radical (unpaired) electrons. The Kier molecular flexibility index (Phi) is 4.97. The summed E-state index contributed by atoms with van der Waals surface area (Å²) in [6, 6.07) is 5.72. The highest BCUT2D eigenvalue weighted by Crippen LogP contribution is 2.29. The Bertz CT molecular complexity index is 766. The van der Waals surface area contributed by atoms with Gasteiger partial charge in [0.1, 0.15) is 5.82 Å². The molecule has 3 amide bonds. The van der Waals surface area contributed by atoms with Crippen molar-refractivity contribution >= 4 is 17.8 Å². The van der Waals surface area contributed by atoms with E-state index in [-0.39, 0.29) is 24.3 Å². The molecule has 1 aliphatic rings. The Morgan fingerprint density at radius 3 is 2.60 bits per heavy atom. The normalized spacial score (nSPS) is 13.8. The number of anilines is 1. The molecule has 0 aliphatic carbocycles. The molecule has 2 aromatic rings. The summed E-state index contributed by atoms with van der Waals surface area (Å²) in [5.41, 5.74) is 2.19. The summed E-state index contributed by atoms with van der Waals surface area (Å²) in [4.78, 5) is 25.7. The lowest BCUT2D eigenvalue weighted by molar-refractivity contribution is -0.115. The third kappa shape index (κ3) is 3.96. The fourth-order valence-corrected chi connectivity index (χ4v) is 2.85. The Morgan fingerprint density at radius 1 is 1.24 bits per heavy atom. The summed E-state index contributed by atoms with van der Waals surface area (Å²) in [7, 11) is 0. The molecule has 1 aliphatic heterocycles. The van der Waals surface area contributed by atoms with Crippen molar-refractivity contribution in [3.8, 4) is 11.1 Å². The van der Waals surface area contributed by atoms with Crippen molar-refractivity contribution in [3.63, 3.8) is 0 Å². The van der Waals surface area contributed by atoms with Gasteiger partial charge in [0.2, 0.25) is 5.91 Å². The molecule has 3 rings (SSSR count). The van der Waals surface area contributed by atoms with Crippen molar-refractivity contribution < 1.29 is 14.0 Å². The van der Waals surface area contributed by atoms with Crippen LogP contribution in [0, 0.1) is 12.7 Å². The van der Waals surface area contributed by atoms with Crippen LogP contribution >= 0.6 is 0 Å². The number of rotatable bonds is 4. The highest BCUT2D eigenvalue weighted by molar-refractivity contribution is 5.97. The summed E-state index contributed by atoms with van der Waals surface area (Å²) in [6.45, 7) is 3.13. The van der Waals surface area contributed by atoms with Crippen LogP contribution in [0.15, 0.2) is 24.3 Å². The van der Waals surface area contributed by atoms with Gasteiger partial charge in [-0.3, -0.25) is 9.89 Å². The number of aryl methyl sites for hydroxylation is 1. The van der Waals surface area contributed by atoms with Crippen LogP contribution in [0.3, 0.4) is 0 Å². The summed E-state index contributed by atoms with van der Waals surface area (Å²) in [5.74, 6) is -0.355. The molecular weight excluding hydrogens is 325 g/mol. The predicted octanol–water partition coefficient (Wildman–Crippen LogP) is 2.27. The number of aromatic amines is 1. The van der Waals surface area contributed by atoms with Crippen LogP contribution in [-0.2, 0) is 4.79 Å². The Balaban J connectivity index is 1.63. The van der Waals surface area contributed by atoms with Crippen LogP contribution in [-0.4, -0.2) is 46.7 Å². The van der Waals surface area contributed by atoms with Gasteiger partial charge in [-0.05, 0) is 37.5 Å². The van der Waals surface area contributed by atoms with E-state index in [1.807, 2.05) is 6.92 Å². The predicted molar refractivity (Wildman–Crippen MR) is 91.6 cm³/mol. The minimum absolute atomic E-state index is 0.135. The lowest BCUT2D eigenvalue weighted by atomic mass is 10.1. The van der Waals surface area contributed by atoms with Gasteiger partial charge in [0.05, 0.1) is 6.54 Å². The van der Waals surface area contributed by atoms with E-state index in [9.17, 15) is 14.0 Å². The van der Waals surface area contributed by atoms with E-state index in [1.165, 1.54) is 12.1 Å². The number of hydrogen-bond acceptors (Lipinski definition) is 3. The van der Waals surface area contributed by atoms with Gasteiger partial charge in [-0.25, -0.2) is 9.18 Å². The fraction of sp³-hybridized carbons (Fsp3) is 0.353. The molecule has 1 aromatic carbocycles. The van der Waals surface area contributed by atoms with Gasteiger partial charge in [0.15, 0.2) is 5.82 Å². The first kappa shape index (κ1) is 16.9. The first-order valence-corrected chi connectivity index (χ1v) is 8.18. The lowest BCUT2D eigenvalue weighted by Crippen LogP contribution is -2.41. The van der Waals surface area contributed by atoms with Gasteiger partial charge >= 0.3 is 6.03 Å². The maximum atomic E-state index is 13.1. The summed E-state index contributed by atoms with van der Waals surface area (Å²) in [6.07, 6.45) is 1.99. The Morgan fingerprint density at radius 2 is 1.92 bits per heavy atom. The SMILES string of the molecule is Cc1[nH]nc(NC(=O)CNC(=O)N2CCCC2)c1-c1ccc(F)cc1. The zero-order chi connectivity index (χ0) is 17.8. The smallest absolute Gasteiger partial charge is 0.317 e. The quantitative estimate of drug-likeness (QED) is 0.794. The number of halogens is 1. The van der Waals surface area contributed by atoms with Crippen LogP contribution < -0.4 is 10.6 Å². The van der Waals surface area contributed by atoms with Gasteiger partial charge in [-0.2, -0.15) is 5.10 Å². The monoisotopic (exact) mass is 345 g/mol. The molecule has 0 saturated carbocycles. The van der Waals surface area contributed by atoms with Crippen LogP contribution in [0.1, 0.15) is 18.5 Å². The highest BCUT2D eigenvalue weighted by atomic mass is 19.1. The molecule has 0 atom stereocenters. The molecule has 25 heavy (non-hydrogen) atoms. The summed E-state index contributed by atoms with van der Waals surface area (Å²) >= 11 is 0. The molecule has 2 heterocycles. The lowest BCUT2D eigenvalue weighted by Gasteiger charge is -2.15. The minimum Gasteiger partial charge on any atom is -0.329 e. The van der Waals surface area contributed by atoms with E-state index in [2.05, 4.69) is 20.8 Å². The first-order chi connectivity index (χ1) is 12.0. The summed E-state index contributed by atoms with van der Waals surface area (Å²) in [5, 5.41) is 12.2. The van der Waals surface area contributed by atoms with Gasteiger partial charge < -0.3 is 15.5 Å². The maximum absolute atomic E-state index is 13.1. The number of aromatic nitrogens is 2. The molecule has 1 fully saturated rings. The van der Waals surface area contributed by atoms with E-state index in [1.54, 1.807) is 17.0 Å². The fourth-order valence-electron chi connectivity index (χ4n) is 2.85. The number of carbonyl (C=O) groups is 2. The topological polar surface area (TPSA) is 90.1 Å². The number of nitrogens with one attached hydrogen (secondary N) is 3. The zero-order valence-electron chi connectivity index (χ0n) is 13.9. The van der Waals surface area contributed by atoms with E-state index < -0.39 is 0 Å². The van der Waals surface area contributed by atoms with E-state index >= 15 is 0 Å². The number of H-pyrrole nitrogens is 1. The third-order valence-electron chi connectivity index (χ3n) is 4.13. The largest absolute Gasteiger partial charge is 0.329 e. The van der Waals surface area contributed by atoms with Crippen molar-refractivity contribution in [3.05, 3.63) is 35.8 Å². The van der Waals surface area contributed by atoms with Crippen molar-refractivity contribution in [2.45, 2.75) is 19.8 Å². The number of amides is 3. The van der Waals surface area contributed by atoms with Gasteiger partial charge in [-0.15, -0.1) is 0 Å². The van der Waals surface area contributed by atoms with Crippen molar-refractivity contribution in [2.24, 2.45) is 0 Å². The number of likely N-dealkylation sites (tertiary alicyclic amines) is 1. The standard InChI is InChI=1S/C17H20FN5O2/c1-11-15(12-4-6-13(18)7-5-12)16(22-21-11)20-14(24)10-19-17(25)23-8-2-3-9-23/h4-7H,2-3,8-10H2,1H3,(H,19,25)(H2,20,21,22,24). The third-order valence-corrected chi connectivity index (χ3v) is 4.13. The highest BCUT2D eigenvalue weighted by Gasteiger charge is 2.19. The van der Waals surface area contributed by atoms with Crippen molar-refractivity contribution in [1.29, 1.82) is 0 Å². The molecule has 132 valence electrons. The molecule has 8 heteroatoms. The average Bonchev–Trinajstić information content (AvgIpc) is 3.24. The zero-order valence-corrected chi connectivity index (χ0v) is 13.9. The van der Waals surface area contributed by atoms with Crippen LogP contribution in [0.25, 0.3) is 11.1 Å². The number of carbonyl (C=O) groups excluding carboxylic acids is 2. The summed E-state index contributed by atoms with van der Waals surface area (Å²) < 4.78 is 13.1. The number of urea groups is 1. The second kappa shape index (κ2) is 7.33. The van der Waals surface area contributed by atoms with Gasteiger partial charge in [-0.1, -0.05) is 12.1 Å². The maximum Gasteiger partial charge on any atom is 0.317 e. The second-order valence-corrected chi connectivity index (χ2v) is 5.98. The molecule has 1 saturated heterocycles. The molecule has 1 aromatic heterocycles. The molecule has 0 bridgehead atoms. The number of hydrogen-bond donors (Lipinski definition) is 3. The van der Waals surface area contributed by atoms with Crippen molar-refractivity contribution in [2.75, 3.05) is 25.0 Å². The average molecular weight is 345 g/mol. The van der Waals surface area contributed by atoms with Crippen LogP contribution in [0.5, 0.6) is 0 Å². The van der Waals surface area contributed by atoms with Gasteiger partial charge in [0.25, 0.3) is 0 Å². The molecule has 0 unspecified atom stereocenters. The first-order valence-electron chi connectivity index (χ1n) is 8.18. The van der Waals surface area contributed by atoms with E-state index in [0.717, 1.165) is 37.2 Å². The van der Waals surface area contributed by atoms with Crippen LogP contribution in [0.4, 0.5) is 15.0 Å². The Hall–Kier alpha value is -2.90. The van der Waals surface area contributed by atoms with E-state index in [4.69, 9.17) is 0 Å². The second-order valence-electron chi connectivity index (χ2n) is 5.98. The van der Waals surface area contributed by atoms with Crippen molar-refractivity contribution in [1.82, 2.24) is 20.4 Å². The van der Waals surface area contributed by atoms with Crippen LogP contribution in [0.2, 0.25) is 0 Å². The molecular formula is C17H20FN5O2. The molecule has 3 N–H and O–H groups in total. The number of nitrogens with zero attached hydrogens (tertiary/aromatic N) is 2. The molecule has 0 spiro atoms. The van der Waals surface area contributed by atoms with Gasteiger partial charge in [0, 0.05) is 24.3 Å². The Labute approximate surface area is 144 Å². The minimum atomic E-state index is -0.373. The molecule has 7 nitrogen and oxygen atoms in total. The van der Waals surface area contributed by atoms with E-state index in [0.29, 0.717) is 11.4 Å². The number of benzene rings is 1.